The molecule has 3 heterocycles. The number of imidazole rings is 3. The van der Waals surface area contributed by atoms with Gasteiger partial charge in [0.1, 0.15) is 17.5 Å². The third-order valence-electron chi connectivity index (χ3n) is 4.60. The second kappa shape index (κ2) is 15.8. The van der Waals surface area contributed by atoms with Crippen molar-refractivity contribution in [3.63, 3.8) is 0 Å². The molecule has 2 aromatic carbocycles. The van der Waals surface area contributed by atoms with Gasteiger partial charge in [0.15, 0.2) is 0 Å². The second-order valence-electron chi connectivity index (χ2n) is 11.7. The number of fused-ring (bicyclic) bond motifs is 2. The molecule has 0 amide bonds. The summed E-state index contributed by atoms with van der Waals surface area (Å²) in [7, 11) is 2.08. The molecule has 0 aliphatic carbocycles. The average molecular weight is 519 g/mol. The highest BCUT2D eigenvalue weighted by atomic mass is 15.1. The summed E-state index contributed by atoms with van der Waals surface area (Å²) in [4.78, 5) is 18.8. The molecule has 0 radical (unpaired) electrons. The summed E-state index contributed by atoms with van der Waals surface area (Å²) >= 11 is 0. The number of hydrogen-bond donors (Lipinski definition) is 2. The van der Waals surface area contributed by atoms with Crippen molar-refractivity contribution in [2.45, 2.75) is 81.6 Å². The molecule has 2 N–H and O–H groups in total. The minimum Gasteiger partial charge on any atom is -0.349 e. The van der Waals surface area contributed by atoms with Gasteiger partial charge >= 0.3 is 0 Å². The third-order valence-corrected chi connectivity index (χ3v) is 4.60. The predicted octanol–water partition coefficient (Wildman–Crippen LogP) is 8.78. The highest BCUT2D eigenvalue weighted by molar-refractivity contribution is 5.76. The van der Waals surface area contributed by atoms with Crippen molar-refractivity contribution in [3.05, 3.63) is 78.4 Å². The lowest BCUT2D eigenvalue weighted by molar-refractivity contribution is 0.526. The summed E-state index contributed by atoms with van der Waals surface area (Å²) in [5, 5.41) is 0. The van der Waals surface area contributed by atoms with E-state index in [-0.39, 0.29) is 5.41 Å². The standard InChI is InChI=1S/C12H16N2.C8H8N2.C4H6N2.2C4H10/c1-12(2,3)11-13-9-7-5-6-8-10(9)14(11)4;1-6-9-7-4-2-3-5-8(7)10-6;1-4-5-2-3-6-4;2*1-4(2)3/h5-8H,1-4H3;2-5H,1H3,(H,9,10);2-3H,1H3,(H,5,6);2*4H,1-3H3. The first-order valence-corrected chi connectivity index (χ1v) is 13.5. The van der Waals surface area contributed by atoms with Gasteiger partial charge in [0.05, 0.1) is 22.1 Å². The van der Waals surface area contributed by atoms with Crippen molar-refractivity contribution in [1.29, 1.82) is 0 Å². The zero-order valence-corrected chi connectivity index (χ0v) is 25.7. The van der Waals surface area contributed by atoms with Gasteiger partial charge in [0, 0.05) is 24.9 Å². The zero-order chi connectivity index (χ0) is 28.9. The largest absolute Gasteiger partial charge is 0.349 e. The summed E-state index contributed by atoms with van der Waals surface area (Å²) < 4.78 is 2.18. The summed E-state index contributed by atoms with van der Waals surface area (Å²) in [6, 6.07) is 16.3. The average Bonchev–Trinajstić information content (AvgIpc) is 3.52. The maximum atomic E-state index is 4.65. The van der Waals surface area contributed by atoms with E-state index in [4.69, 9.17) is 0 Å². The molecule has 0 bridgehead atoms. The quantitative estimate of drug-likeness (QED) is 0.215. The lowest BCUT2D eigenvalue weighted by Gasteiger charge is -2.17. The van der Waals surface area contributed by atoms with E-state index in [1.54, 1.807) is 12.4 Å². The van der Waals surface area contributed by atoms with Gasteiger partial charge in [-0.05, 0) is 49.9 Å². The first-order chi connectivity index (χ1) is 17.7. The van der Waals surface area contributed by atoms with Gasteiger partial charge in [-0.2, -0.15) is 0 Å². The van der Waals surface area contributed by atoms with Crippen molar-refractivity contribution in [3.8, 4) is 0 Å². The molecule has 5 rings (SSSR count). The fourth-order valence-electron chi connectivity index (χ4n) is 3.24. The molecular weight excluding hydrogens is 468 g/mol. The van der Waals surface area contributed by atoms with Crippen LogP contribution in [0.2, 0.25) is 0 Å². The number of hydrogen-bond acceptors (Lipinski definition) is 3. The van der Waals surface area contributed by atoms with Crippen LogP contribution in [0, 0.1) is 25.7 Å². The Morgan fingerprint density at radius 3 is 1.68 bits per heavy atom. The first-order valence-electron chi connectivity index (χ1n) is 13.5. The van der Waals surface area contributed by atoms with E-state index in [0.29, 0.717) is 0 Å². The number of rotatable bonds is 0. The van der Waals surface area contributed by atoms with Crippen LogP contribution in [0.1, 0.15) is 79.8 Å². The van der Waals surface area contributed by atoms with Crippen LogP contribution in [0.4, 0.5) is 0 Å². The first kappa shape index (κ1) is 32.6. The van der Waals surface area contributed by atoms with Crippen LogP contribution in [-0.2, 0) is 12.5 Å². The molecule has 6 nitrogen and oxygen atoms in total. The highest BCUT2D eigenvalue weighted by Crippen LogP contribution is 2.24. The minimum absolute atomic E-state index is 0.105. The Morgan fingerprint density at radius 1 is 0.737 bits per heavy atom. The van der Waals surface area contributed by atoms with Crippen molar-refractivity contribution in [2.24, 2.45) is 18.9 Å². The summed E-state index contributed by atoms with van der Waals surface area (Å²) in [6.07, 6.45) is 3.53. The van der Waals surface area contributed by atoms with Crippen LogP contribution in [0.25, 0.3) is 22.1 Å². The van der Waals surface area contributed by atoms with Gasteiger partial charge in [-0.15, -0.1) is 0 Å². The zero-order valence-electron chi connectivity index (χ0n) is 25.7. The molecule has 38 heavy (non-hydrogen) atoms. The fourth-order valence-corrected chi connectivity index (χ4v) is 3.24. The van der Waals surface area contributed by atoms with E-state index in [0.717, 1.165) is 45.9 Å². The van der Waals surface area contributed by atoms with Crippen LogP contribution < -0.4 is 0 Å². The van der Waals surface area contributed by atoms with Crippen LogP contribution in [-0.4, -0.2) is 29.5 Å². The predicted molar refractivity (Wildman–Crippen MR) is 165 cm³/mol. The van der Waals surface area contributed by atoms with E-state index in [2.05, 4.69) is 117 Å². The summed E-state index contributed by atoms with van der Waals surface area (Å²) in [5.41, 5.74) is 4.55. The number of nitrogens with zero attached hydrogens (tertiary/aromatic N) is 4. The highest BCUT2D eigenvalue weighted by Gasteiger charge is 2.20. The van der Waals surface area contributed by atoms with Gasteiger partial charge in [0.25, 0.3) is 0 Å². The van der Waals surface area contributed by atoms with Crippen LogP contribution in [0.15, 0.2) is 60.9 Å². The Balaban J connectivity index is 0.000000263. The van der Waals surface area contributed by atoms with Gasteiger partial charge in [-0.3, -0.25) is 0 Å². The molecular formula is C32H50N6. The number of aromatic nitrogens is 6. The topological polar surface area (TPSA) is 75.2 Å². The lowest BCUT2D eigenvalue weighted by atomic mass is 9.96. The van der Waals surface area contributed by atoms with Gasteiger partial charge < -0.3 is 14.5 Å². The Morgan fingerprint density at radius 2 is 1.26 bits per heavy atom. The van der Waals surface area contributed by atoms with Crippen molar-refractivity contribution in [1.82, 2.24) is 29.5 Å². The van der Waals surface area contributed by atoms with Crippen LogP contribution in [0.3, 0.4) is 0 Å². The smallest absolute Gasteiger partial charge is 0.115 e. The molecule has 0 saturated heterocycles. The monoisotopic (exact) mass is 518 g/mol. The van der Waals surface area contributed by atoms with Crippen LogP contribution >= 0.6 is 0 Å². The maximum absolute atomic E-state index is 4.65. The molecule has 0 unspecified atom stereocenters. The van der Waals surface area contributed by atoms with Crippen molar-refractivity contribution in [2.75, 3.05) is 0 Å². The number of nitrogens with one attached hydrogen (secondary N) is 2. The molecule has 0 spiro atoms. The van der Waals surface area contributed by atoms with E-state index in [1.807, 2.05) is 44.2 Å². The van der Waals surface area contributed by atoms with Crippen LogP contribution in [0.5, 0.6) is 0 Å². The minimum atomic E-state index is 0.105. The molecule has 0 aliphatic heterocycles. The summed E-state index contributed by atoms with van der Waals surface area (Å²) in [6.45, 7) is 23.4. The number of aryl methyl sites for hydroxylation is 3. The summed E-state index contributed by atoms with van der Waals surface area (Å²) in [5.74, 6) is 4.75. The lowest BCUT2D eigenvalue weighted by Crippen LogP contribution is -2.17. The maximum Gasteiger partial charge on any atom is 0.115 e. The number of aromatic amines is 2. The van der Waals surface area contributed by atoms with Gasteiger partial charge in [-0.25, -0.2) is 15.0 Å². The molecule has 0 aliphatic rings. The van der Waals surface area contributed by atoms with E-state index >= 15 is 0 Å². The second-order valence-corrected chi connectivity index (χ2v) is 11.7. The molecule has 0 fully saturated rings. The number of benzene rings is 2. The SMILES string of the molecule is CC(C)C.CC(C)C.Cc1nc2ccccc2[nH]1.Cc1ncc[nH]1.Cn1c(C(C)(C)C)nc2ccccc21. The van der Waals surface area contributed by atoms with Crippen molar-refractivity contribution >= 4 is 22.1 Å². The molecule has 0 saturated carbocycles. The normalized spacial score (nSPS) is 10.6. The Bertz CT molecular complexity index is 1260. The molecule has 6 heteroatoms. The Kier molecular flexibility index (Phi) is 13.5. The number of para-hydroxylation sites is 4. The fraction of sp³-hybridized carbons (Fsp3) is 0.469. The molecule has 5 aromatic rings. The van der Waals surface area contributed by atoms with Gasteiger partial charge in [0.2, 0.25) is 0 Å². The Hall–Kier alpha value is -3.41. The van der Waals surface area contributed by atoms with E-state index in [1.165, 1.54) is 5.52 Å². The Labute approximate surface area is 230 Å². The third kappa shape index (κ3) is 12.2. The number of H-pyrrole nitrogens is 2. The van der Waals surface area contributed by atoms with Crippen molar-refractivity contribution < 1.29 is 0 Å². The molecule has 208 valence electrons. The molecule has 3 aromatic heterocycles. The van der Waals surface area contributed by atoms with Gasteiger partial charge in [-0.1, -0.05) is 86.6 Å². The molecule has 0 atom stereocenters. The van der Waals surface area contributed by atoms with E-state index < -0.39 is 0 Å². The van der Waals surface area contributed by atoms with E-state index in [9.17, 15) is 0 Å².